The van der Waals surface area contributed by atoms with Gasteiger partial charge in [0.1, 0.15) is 0 Å². The van der Waals surface area contributed by atoms with Gasteiger partial charge in [-0.05, 0) is 6.42 Å². The van der Waals surface area contributed by atoms with Crippen LogP contribution in [0.3, 0.4) is 0 Å². The maximum Gasteiger partial charge on any atom is 0.225 e. The topological polar surface area (TPSA) is 47.3 Å². The average Bonchev–Trinajstić information content (AvgIpc) is 2.35. The van der Waals surface area contributed by atoms with Crippen LogP contribution >= 0.6 is 0 Å². The van der Waals surface area contributed by atoms with Crippen LogP contribution in [0.4, 0.5) is 0 Å². The van der Waals surface area contributed by atoms with Crippen LogP contribution in [0.1, 0.15) is 33.6 Å². The number of carbonyl (C=O) groups excluding carboxylic acids is 1. The monoisotopic (exact) mass is 237 g/mol. The normalized spacial score (nSPS) is 19.1. The Balaban J connectivity index is 2.45. The summed E-state index contributed by atoms with van der Waals surface area (Å²) in [4.78, 5) is 15.9. The number of rotatable bonds is 4. The first-order valence-electron chi connectivity index (χ1n) is 6.52. The van der Waals surface area contributed by atoms with E-state index in [1.165, 1.54) is 0 Å². The molecule has 1 amide bonds. The first kappa shape index (κ1) is 14.0. The van der Waals surface area contributed by atoms with Gasteiger partial charge < -0.3 is 4.90 Å². The van der Waals surface area contributed by atoms with Crippen molar-refractivity contribution in [3.05, 3.63) is 0 Å². The molecule has 0 aliphatic carbocycles. The summed E-state index contributed by atoms with van der Waals surface area (Å²) in [5, 5.41) is 9.10. The SMILES string of the molecule is CCCC(C#N)N1CCN(C(=O)C(C)C)CC1. The summed E-state index contributed by atoms with van der Waals surface area (Å²) in [5.74, 6) is 0.303. The number of amides is 1. The number of nitrogens with zero attached hydrogens (tertiary/aromatic N) is 3. The fourth-order valence-electron chi connectivity index (χ4n) is 2.22. The molecule has 96 valence electrons. The Kier molecular flexibility index (Phi) is 5.43. The molecule has 4 nitrogen and oxygen atoms in total. The summed E-state index contributed by atoms with van der Waals surface area (Å²) in [6, 6.07) is 2.39. The van der Waals surface area contributed by atoms with Gasteiger partial charge in [-0.25, -0.2) is 0 Å². The van der Waals surface area contributed by atoms with E-state index in [4.69, 9.17) is 5.26 Å². The van der Waals surface area contributed by atoms with Crippen molar-refractivity contribution in [3.8, 4) is 6.07 Å². The van der Waals surface area contributed by atoms with Crippen molar-refractivity contribution < 1.29 is 4.79 Å². The Morgan fingerprint density at radius 3 is 2.29 bits per heavy atom. The quantitative estimate of drug-likeness (QED) is 0.744. The zero-order valence-electron chi connectivity index (χ0n) is 11.1. The van der Waals surface area contributed by atoms with Crippen LogP contribution in [-0.4, -0.2) is 47.9 Å². The fraction of sp³-hybridized carbons (Fsp3) is 0.846. The lowest BCUT2D eigenvalue weighted by molar-refractivity contribution is -0.136. The number of nitriles is 1. The fourth-order valence-corrected chi connectivity index (χ4v) is 2.22. The van der Waals surface area contributed by atoms with Crippen LogP contribution in [0.2, 0.25) is 0 Å². The van der Waals surface area contributed by atoms with E-state index in [-0.39, 0.29) is 17.9 Å². The second-order valence-corrected chi connectivity index (χ2v) is 4.95. The molecular weight excluding hydrogens is 214 g/mol. The van der Waals surface area contributed by atoms with Gasteiger partial charge in [-0.15, -0.1) is 0 Å². The van der Waals surface area contributed by atoms with Crippen molar-refractivity contribution in [3.63, 3.8) is 0 Å². The zero-order valence-corrected chi connectivity index (χ0v) is 11.1. The molecule has 1 aliphatic heterocycles. The highest BCUT2D eigenvalue weighted by atomic mass is 16.2. The third-order valence-corrected chi connectivity index (χ3v) is 3.27. The van der Waals surface area contributed by atoms with E-state index < -0.39 is 0 Å². The minimum atomic E-state index is 0.0244. The predicted molar refractivity (Wildman–Crippen MR) is 67.3 cm³/mol. The Labute approximate surface area is 104 Å². The summed E-state index contributed by atoms with van der Waals surface area (Å²) < 4.78 is 0. The van der Waals surface area contributed by atoms with E-state index >= 15 is 0 Å². The number of hydrogen-bond acceptors (Lipinski definition) is 3. The van der Waals surface area contributed by atoms with Gasteiger partial charge >= 0.3 is 0 Å². The average molecular weight is 237 g/mol. The van der Waals surface area contributed by atoms with Crippen molar-refractivity contribution in [1.29, 1.82) is 5.26 Å². The summed E-state index contributed by atoms with van der Waals surface area (Å²) in [6.45, 7) is 9.15. The van der Waals surface area contributed by atoms with E-state index in [0.717, 1.165) is 39.0 Å². The number of carbonyl (C=O) groups is 1. The molecule has 0 aromatic carbocycles. The third kappa shape index (κ3) is 3.71. The highest BCUT2D eigenvalue weighted by molar-refractivity contribution is 5.78. The molecule has 1 heterocycles. The Morgan fingerprint density at radius 1 is 1.29 bits per heavy atom. The summed E-state index contributed by atoms with van der Waals surface area (Å²) in [6.07, 6.45) is 1.96. The molecule has 0 saturated carbocycles. The molecular formula is C13H23N3O. The maximum absolute atomic E-state index is 11.8. The van der Waals surface area contributed by atoms with Gasteiger partial charge in [0.15, 0.2) is 0 Å². The Bertz CT molecular complexity index is 288. The molecule has 0 radical (unpaired) electrons. The van der Waals surface area contributed by atoms with Crippen LogP contribution in [0.5, 0.6) is 0 Å². The molecule has 4 heteroatoms. The van der Waals surface area contributed by atoms with Gasteiger partial charge in [0.05, 0.1) is 12.1 Å². The van der Waals surface area contributed by atoms with Crippen LogP contribution < -0.4 is 0 Å². The Hall–Kier alpha value is -1.08. The van der Waals surface area contributed by atoms with E-state index in [1.54, 1.807) is 0 Å². The molecule has 0 N–H and O–H groups in total. The van der Waals surface area contributed by atoms with Crippen molar-refractivity contribution in [2.24, 2.45) is 5.92 Å². The van der Waals surface area contributed by atoms with Crippen LogP contribution in [0.15, 0.2) is 0 Å². The van der Waals surface area contributed by atoms with Gasteiger partial charge in [-0.2, -0.15) is 5.26 Å². The lowest BCUT2D eigenvalue weighted by Crippen LogP contribution is -2.52. The van der Waals surface area contributed by atoms with E-state index in [9.17, 15) is 4.79 Å². The minimum Gasteiger partial charge on any atom is -0.340 e. The van der Waals surface area contributed by atoms with Gasteiger partial charge in [-0.1, -0.05) is 27.2 Å². The van der Waals surface area contributed by atoms with Crippen molar-refractivity contribution in [1.82, 2.24) is 9.80 Å². The van der Waals surface area contributed by atoms with Crippen LogP contribution in [0, 0.1) is 17.2 Å². The number of hydrogen-bond donors (Lipinski definition) is 0. The molecule has 1 atom stereocenters. The Morgan fingerprint density at radius 2 is 1.88 bits per heavy atom. The lowest BCUT2D eigenvalue weighted by atomic mass is 10.1. The highest BCUT2D eigenvalue weighted by Crippen LogP contribution is 2.12. The minimum absolute atomic E-state index is 0.0244. The molecule has 0 bridgehead atoms. The molecule has 0 spiro atoms. The summed E-state index contributed by atoms with van der Waals surface area (Å²) >= 11 is 0. The number of piperazine rings is 1. The summed E-state index contributed by atoms with van der Waals surface area (Å²) in [5.41, 5.74) is 0. The van der Waals surface area contributed by atoms with Gasteiger partial charge in [-0.3, -0.25) is 9.69 Å². The van der Waals surface area contributed by atoms with Crippen molar-refractivity contribution >= 4 is 5.91 Å². The predicted octanol–water partition coefficient (Wildman–Crippen LogP) is 1.48. The first-order chi connectivity index (χ1) is 8.10. The standard InChI is InChI=1S/C13H23N3O/c1-4-5-12(10-14)15-6-8-16(9-7-15)13(17)11(2)3/h11-12H,4-9H2,1-3H3. The third-order valence-electron chi connectivity index (χ3n) is 3.27. The molecule has 0 aromatic rings. The van der Waals surface area contributed by atoms with E-state index in [2.05, 4.69) is 17.9 Å². The molecule has 1 fully saturated rings. The van der Waals surface area contributed by atoms with Crippen LogP contribution in [-0.2, 0) is 4.79 Å². The largest absolute Gasteiger partial charge is 0.340 e. The van der Waals surface area contributed by atoms with Gasteiger partial charge in [0, 0.05) is 32.1 Å². The molecule has 1 aliphatic rings. The molecule has 1 saturated heterocycles. The second kappa shape index (κ2) is 6.61. The first-order valence-corrected chi connectivity index (χ1v) is 6.52. The van der Waals surface area contributed by atoms with Crippen LogP contribution in [0.25, 0.3) is 0 Å². The van der Waals surface area contributed by atoms with Gasteiger partial charge in [0.25, 0.3) is 0 Å². The highest BCUT2D eigenvalue weighted by Gasteiger charge is 2.26. The van der Waals surface area contributed by atoms with E-state index in [0.29, 0.717) is 0 Å². The van der Waals surface area contributed by atoms with Crippen molar-refractivity contribution in [2.45, 2.75) is 39.7 Å². The van der Waals surface area contributed by atoms with Crippen molar-refractivity contribution in [2.75, 3.05) is 26.2 Å². The molecule has 1 unspecified atom stereocenters. The smallest absolute Gasteiger partial charge is 0.225 e. The summed E-state index contributed by atoms with van der Waals surface area (Å²) in [7, 11) is 0. The molecule has 1 rings (SSSR count). The molecule has 0 aromatic heterocycles. The zero-order chi connectivity index (χ0) is 12.8. The van der Waals surface area contributed by atoms with E-state index in [1.807, 2.05) is 18.7 Å². The lowest BCUT2D eigenvalue weighted by Gasteiger charge is -2.37. The maximum atomic E-state index is 11.8. The second-order valence-electron chi connectivity index (χ2n) is 4.95. The van der Waals surface area contributed by atoms with Gasteiger partial charge in [0.2, 0.25) is 5.91 Å². The molecule has 17 heavy (non-hydrogen) atoms.